The van der Waals surface area contributed by atoms with Crippen LogP contribution in [-0.4, -0.2) is 16.7 Å². The molecule has 0 aliphatic rings. The molecule has 2 rings (SSSR count). The van der Waals surface area contributed by atoms with Gasteiger partial charge >= 0.3 is 6.01 Å². The molecule has 0 saturated heterocycles. The first-order chi connectivity index (χ1) is 8.28. The standard InChI is InChI=1S/C11H13FN4O/c12-9-3-1-2-8(6-9)4-5-14-11-16-15-10(7-13)17-11/h1-3,6H,4-5,7,13H2,(H,14,16). The summed E-state index contributed by atoms with van der Waals surface area (Å²) in [5, 5.41) is 10.4. The molecule has 0 saturated carbocycles. The quantitative estimate of drug-likeness (QED) is 0.818. The van der Waals surface area contributed by atoms with Crippen molar-refractivity contribution in [3.8, 4) is 0 Å². The van der Waals surface area contributed by atoms with E-state index in [0.29, 0.717) is 24.9 Å². The third kappa shape index (κ3) is 3.25. The lowest BCUT2D eigenvalue weighted by Gasteiger charge is -2.01. The average Bonchev–Trinajstić information content (AvgIpc) is 2.77. The molecule has 1 aromatic carbocycles. The number of hydrogen-bond acceptors (Lipinski definition) is 5. The Hall–Kier alpha value is -1.95. The molecule has 0 bridgehead atoms. The maximum absolute atomic E-state index is 12.9. The van der Waals surface area contributed by atoms with E-state index < -0.39 is 0 Å². The van der Waals surface area contributed by atoms with Gasteiger partial charge in [0.1, 0.15) is 5.82 Å². The molecule has 1 heterocycles. The molecule has 17 heavy (non-hydrogen) atoms. The van der Waals surface area contributed by atoms with Crippen molar-refractivity contribution >= 4 is 6.01 Å². The molecule has 90 valence electrons. The third-order valence-electron chi connectivity index (χ3n) is 2.22. The second-order valence-corrected chi connectivity index (χ2v) is 3.51. The van der Waals surface area contributed by atoms with Gasteiger partial charge in [-0.1, -0.05) is 17.2 Å². The highest BCUT2D eigenvalue weighted by Gasteiger charge is 2.03. The molecule has 0 aliphatic carbocycles. The highest BCUT2D eigenvalue weighted by Crippen LogP contribution is 2.07. The molecule has 0 atom stereocenters. The molecule has 3 N–H and O–H groups in total. The highest BCUT2D eigenvalue weighted by molar-refractivity contribution is 5.21. The van der Waals surface area contributed by atoms with Gasteiger partial charge in [0, 0.05) is 6.54 Å². The lowest BCUT2D eigenvalue weighted by molar-refractivity contribution is 0.507. The predicted molar refractivity (Wildman–Crippen MR) is 60.8 cm³/mol. The van der Waals surface area contributed by atoms with Crippen molar-refractivity contribution in [1.29, 1.82) is 0 Å². The van der Waals surface area contributed by atoms with E-state index in [-0.39, 0.29) is 12.4 Å². The number of nitrogens with one attached hydrogen (secondary N) is 1. The fraction of sp³-hybridized carbons (Fsp3) is 0.273. The summed E-state index contributed by atoms with van der Waals surface area (Å²) in [7, 11) is 0. The molecular formula is C11H13FN4O. The fourth-order valence-corrected chi connectivity index (χ4v) is 1.41. The molecule has 0 amide bonds. The van der Waals surface area contributed by atoms with Crippen LogP contribution in [0.2, 0.25) is 0 Å². The van der Waals surface area contributed by atoms with Crippen molar-refractivity contribution in [2.45, 2.75) is 13.0 Å². The van der Waals surface area contributed by atoms with Gasteiger partial charge in [-0.15, -0.1) is 5.10 Å². The topological polar surface area (TPSA) is 77.0 Å². The smallest absolute Gasteiger partial charge is 0.315 e. The molecule has 2 aromatic rings. The number of benzene rings is 1. The number of halogens is 1. The van der Waals surface area contributed by atoms with Gasteiger partial charge in [-0.3, -0.25) is 0 Å². The molecule has 5 nitrogen and oxygen atoms in total. The lowest BCUT2D eigenvalue weighted by atomic mass is 10.1. The summed E-state index contributed by atoms with van der Waals surface area (Å²) < 4.78 is 18.1. The van der Waals surface area contributed by atoms with Gasteiger partial charge in [-0.25, -0.2) is 4.39 Å². The lowest BCUT2D eigenvalue weighted by Crippen LogP contribution is -2.05. The molecule has 0 fully saturated rings. The Kier molecular flexibility index (Phi) is 3.66. The Morgan fingerprint density at radius 3 is 2.94 bits per heavy atom. The van der Waals surface area contributed by atoms with Gasteiger partial charge in [0.25, 0.3) is 0 Å². The number of nitrogens with zero attached hydrogens (tertiary/aromatic N) is 2. The van der Waals surface area contributed by atoms with Crippen molar-refractivity contribution < 1.29 is 8.81 Å². The first kappa shape index (κ1) is 11.5. The van der Waals surface area contributed by atoms with Crippen LogP contribution in [0.4, 0.5) is 10.4 Å². The van der Waals surface area contributed by atoms with Crippen LogP contribution in [0.5, 0.6) is 0 Å². The van der Waals surface area contributed by atoms with Crippen LogP contribution in [0, 0.1) is 5.82 Å². The maximum atomic E-state index is 12.9. The van der Waals surface area contributed by atoms with Crippen LogP contribution in [0.1, 0.15) is 11.5 Å². The second-order valence-electron chi connectivity index (χ2n) is 3.51. The summed E-state index contributed by atoms with van der Waals surface area (Å²) in [4.78, 5) is 0. The van der Waals surface area contributed by atoms with Gasteiger partial charge in [0.15, 0.2) is 0 Å². The first-order valence-corrected chi connectivity index (χ1v) is 5.28. The summed E-state index contributed by atoms with van der Waals surface area (Å²) >= 11 is 0. The number of anilines is 1. The minimum absolute atomic E-state index is 0.221. The van der Waals surface area contributed by atoms with Crippen LogP contribution in [0.15, 0.2) is 28.7 Å². The Balaban J connectivity index is 1.83. The largest absolute Gasteiger partial charge is 0.407 e. The Bertz CT molecular complexity index is 486. The van der Waals surface area contributed by atoms with E-state index in [1.165, 1.54) is 12.1 Å². The van der Waals surface area contributed by atoms with Crippen LogP contribution < -0.4 is 11.1 Å². The normalized spacial score (nSPS) is 10.5. The summed E-state index contributed by atoms with van der Waals surface area (Å²) in [6.07, 6.45) is 0.679. The second kappa shape index (κ2) is 5.40. The van der Waals surface area contributed by atoms with Gasteiger partial charge in [-0.05, 0) is 24.1 Å². The van der Waals surface area contributed by atoms with Crippen LogP contribution in [0.3, 0.4) is 0 Å². The van der Waals surface area contributed by atoms with Gasteiger partial charge in [0.05, 0.1) is 6.54 Å². The van der Waals surface area contributed by atoms with Gasteiger partial charge < -0.3 is 15.5 Å². The van der Waals surface area contributed by atoms with E-state index in [1.807, 2.05) is 6.07 Å². The zero-order valence-corrected chi connectivity index (χ0v) is 9.19. The first-order valence-electron chi connectivity index (χ1n) is 5.28. The van der Waals surface area contributed by atoms with E-state index >= 15 is 0 Å². The van der Waals surface area contributed by atoms with Crippen molar-refractivity contribution in [2.75, 3.05) is 11.9 Å². The summed E-state index contributed by atoms with van der Waals surface area (Å²) in [5.74, 6) is 0.156. The highest BCUT2D eigenvalue weighted by atomic mass is 19.1. The van der Waals surface area contributed by atoms with E-state index in [0.717, 1.165) is 5.56 Å². The monoisotopic (exact) mass is 236 g/mol. The van der Waals surface area contributed by atoms with Gasteiger partial charge in [0.2, 0.25) is 5.89 Å². The summed E-state index contributed by atoms with van der Waals surface area (Å²) in [6.45, 7) is 0.814. The fourth-order valence-electron chi connectivity index (χ4n) is 1.41. The van der Waals surface area contributed by atoms with Gasteiger partial charge in [-0.2, -0.15) is 0 Å². The van der Waals surface area contributed by atoms with Crippen molar-refractivity contribution in [2.24, 2.45) is 5.73 Å². The Labute approximate surface area is 97.8 Å². The Morgan fingerprint density at radius 2 is 2.24 bits per heavy atom. The molecule has 0 aliphatic heterocycles. The molecule has 1 aromatic heterocycles. The molecule has 0 spiro atoms. The molecule has 0 radical (unpaired) electrons. The third-order valence-corrected chi connectivity index (χ3v) is 2.22. The van der Waals surface area contributed by atoms with Crippen molar-refractivity contribution in [3.63, 3.8) is 0 Å². The Morgan fingerprint density at radius 1 is 1.35 bits per heavy atom. The van der Waals surface area contributed by atoms with Crippen LogP contribution in [0.25, 0.3) is 0 Å². The summed E-state index contributed by atoms with van der Waals surface area (Å²) in [6, 6.07) is 6.80. The minimum atomic E-state index is -0.231. The van der Waals surface area contributed by atoms with Crippen molar-refractivity contribution in [3.05, 3.63) is 41.5 Å². The van der Waals surface area contributed by atoms with Crippen molar-refractivity contribution in [1.82, 2.24) is 10.2 Å². The van der Waals surface area contributed by atoms with E-state index in [1.54, 1.807) is 6.07 Å². The number of aromatic nitrogens is 2. The molecule has 6 heteroatoms. The summed E-state index contributed by atoms with van der Waals surface area (Å²) in [5.41, 5.74) is 6.25. The average molecular weight is 236 g/mol. The number of rotatable bonds is 5. The minimum Gasteiger partial charge on any atom is -0.407 e. The number of hydrogen-bond donors (Lipinski definition) is 2. The van der Waals surface area contributed by atoms with E-state index in [4.69, 9.17) is 10.2 Å². The number of nitrogens with two attached hydrogens (primary N) is 1. The van der Waals surface area contributed by atoms with E-state index in [2.05, 4.69) is 15.5 Å². The molecular weight excluding hydrogens is 223 g/mol. The maximum Gasteiger partial charge on any atom is 0.315 e. The predicted octanol–water partition coefficient (Wildman–Crippen LogP) is 1.32. The van der Waals surface area contributed by atoms with E-state index in [9.17, 15) is 4.39 Å². The van der Waals surface area contributed by atoms with Crippen LogP contribution in [-0.2, 0) is 13.0 Å². The zero-order valence-electron chi connectivity index (χ0n) is 9.19. The SMILES string of the molecule is NCc1nnc(NCCc2cccc(F)c2)o1. The van der Waals surface area contributed by atoms with Crippen LogP contribution >= 0.6 is 0 Å². The molecule has 0 unspecified atom stereocenters. The zero-order chi connectivity index (χ0) is 12.1.